The molecule has 5 heteroatoms. The Morgan fingerprint density at radius 1 is 1.07 bits per heavy atom. The highest BCUT2D eigenvalue weighted by Gasteiger charge is 2.10. The van der Waals surface area contributed by atoms with Crippen LogP contribution in [0.15, 0.2) is 39.8 Å². The summed E-state index contributed by atoms with van der Waals surface area (Å²) in [5.74, 6) is 0.449. The Balaban J connectivity index is 2.36. The van der Waals surface area contributed by atoms with Crippen LogP contribution in [0.4, 0.5) is 0 Å². The summed E-state index contributed by atoms with van der Waals surface area (Å²) >= 11 is 0. The third-order valence-corrected chi connectivity index (χ3v) is 1.95. The SMILES string of the molecule is c1cc(-c2nnco2)c2ncoc2c1. The highest BCUT2D eigenvalue weighted by molar-refractivity contribution is 5.87. The topological polar surface area (TPSA) is 65.0 Å². The van der Waals surface area contributed by atoms with Crippen LogP contribution in [0.2, 0.25) is 0 Å². The second kappa shape index (κ2) is 2.66. The van der Waals surface area contributed by atoms with Crippen LogP contribution in [0.1, 0.15) is 0 Å². The molecule has 0 aliphatic rings. The predicted molar refractivity (Wildman–Crippen MR) is 47.3 cm³/mol. The molecule has 3 aromatic rings. The maximum Gasteiger partial charge on any atom is 0.249 e. The van der Waals surface area contributed by atoms with Gasteiger partial charge in [0.25, 0.3) is 0 Å². The summed E-state index contributed by atoms with van der Waals surface area (Å²) in [6, 6.07) is 5.55. The van der Waals surface area contributed by atoms with E-state index in [9.17, 15) is 0 Å². The smallest absolute Gasteiger partial charge is 0.249 e. The van der Waals surface area contributed by atoms with Crippen LogP contribution in [-0.4, -0.2) is 15.2 Å². The Bertz CT molecular complexity index is 556. The molecule has 5 nitrogen and oxygen atoms in total. The van der Waals surface area contributed by atoms with Crippen LogP contribution in [0, 0.1) is 0 Å². The molecule has 0 N–H and O–H groups in total. The Hall–Kier alpha value is -2.17. The molecule has 0 atom stereocenters. The summed E-state index contributed by atoms with van der Waals surface area (Å²) in [6.07, 6.45) is 2.68. The number of oxazole rings is 1. The molecule has 0 aliphatic carbocycles. The zero-order valence-electron chi connectivity index (χ0n) is 7.04. The summed E-state index contributed by atoms with van der Waals surface area (Å²) in [4.78, 5) is 4.08. The lowest BCUT2D eigenvalue weighted by Crippen LogP contribution is -1.80. The Labute approximate surface area is 78.4 Å². The molecule has 14 heavy (non-hydrogen) atoms. The van der Waals surface area contributed by atoms with Crippen molar-refractivity contribution in [3.63, 3.8) is 0 Å². The Morgan fingerprint density at radius 2 is 2.07 bits per heavy atom. The second-order valence-electron chi connectivity index (χ2n) is 2.75. The fraction of sp³-hybridized carbons (Fsp3) is 0. The van der Waals surface area contributed by atoms with Crippen LogP contribution in [-0.2, 0) is 0 Å². The zero-order chi connectivity index (χ0) is 9.38. The number of aromatic nitrogens is 3. The van der Waals surface area contributed by atoms with E-state index in [1.807, 2.05) is 18.2 Å². The van der Waals surface area contributed by atoms with Gasteiger partial charge in [0, 0.05) is 0 Å². The molecule has 0 unspecified atom stereocenters. The van der Waals surface area contributed by atoms with Crippen molar-refractivity contribution in [2.75, 3.05) is 0 Å². The van der Waals surface area contributed by atoms with Gasteiger partial charge >= 0.3 is 0 Å². The van der Waals surface area contributed by atoms with Gasteiger partial charge in [-0.2, -0.15) is 0 Å². The molecule has 0 saturated carbocycles. The molecule has 0 saturated heterocycles. The van der Waals surface area contributed by atoms with Crippen LogP contribution < -0.4 is 0 Å². The van der Waals surface area contributed by atoms with Crippen LogP contribution in [0.3, 0.4) is 0 Å². The predicted octanol–water partition coefficient (Wildman–Crippen LogP) is 1.88. The largest absolute Gasteiger partial charge is 0.443 e. The zero-order valence-corrected chi connectivity index (χ0v) is 7.04. The number of para-hydroxylation sites is 1. The fourth-order valence-electron chi connectivity index (χ4n) is 1.35. The first-order valence-electron chi connectivity index (χ1n) is 4.04. The molecule has 0 fully saturated rings. The van der Waals surface area contributed by atoms with Gasteiger partial charge in [-0.25, -0.2) is 4.98 Å². The van der Waals surface area contributed by atoms with Gasteiger partial charge in [0.2, 0.25) is 12.3 Å². The van der Waals surface area contributed by atoms with Crippen LogP contribution in [0.25, 0.3) is 22.6 Å². The molecule has 0 bridgehead atoms. The van der Waals surface area contributed by atoms with Gasteiger partial charge < -0.3 is 8.83 Å². The Morgan fingerprint density at radius 3 is 2.93 bits per heavy atom. The van der Waals surface area contributed by atoms with Gasteiger partial charge in [-0.15, -0.1) is 10.2 Å². The van der Waals surface area contributed by atoms with Crippen molar-refractivity contribution in [1.82, 2.24) is 15.2 Å². The summed E-state index contributed by atoms with van der Waals surface area (Å²) in [7, 11) is 0. The van der Waals surface area contributed by atoms with E-state index in [-0.39, 0.29) is 0 Å². The molecule has 2 aromatic heterocycles. The van der Waals surface area contributed by atoms with Crippen LogP contribution in [0.5, 0.6) is 0 Å². The summed E-state index contributed by atoms with van der Waals surface area (Å²) in [5, 5.41) is 7.43. The molecule has 0 aliphatic heterocycles. The second-order valence-corrected chi connectivity index (χ2v) is 2.75. The van der Waals surface area contributed by atoms with E-state index in [0.29, 0.717) is 11.5 Å². The first kappa shape index (κ1) is 7.25. The number of rotatable bonds is 1. The van der Waals surface area contributed by atoms with Crippen molar-refractivity contribution in [3.05, 3.63) is 31.0 Å². The first-order valence-corrected chi connectivity index (χ1v) is 4.04. The highest BCUT2D eigenvalue weighted by Crippen LogP contribution is 2.25. The number of fused-ring (bicyclic) bond motifs is 1. The number of hydrogen-bond donors (Lipinski definition) is 0. The Kier molecular flexibility index (Phi) is 1.38. The fourth-order valence-corrected chi connectivity index (χ4v) is 1.35. The molecular formula is C9H5N3O2. The molecule has 0 amide bonds. The van der Waals surface area contributed by atoms with E-state index in [4.69, 9.17) is 8.83 Å². The van der Waals surface area contributed by atoms with Crippen molar-refractivity contribution < 1.29 is 8.83 Å². The van der Waals surface area contributed by atoms with E-state index >= 15 is 0 Å². The molecule has 68 valence electrons. The normalized spacial score (nSPS) is 10.9. The molecule has 1 aromatic carbocycles. The molecule has 3 rings (SSSR count). The summed E-state index contributed by atoms with van der Waals surface area (Å²) in [6.45, 7) is 0. The monoisotopic (exact) mass is 187 g/mol. The van der Waals surface area contributed by atoms with Gasteiger partial charge in [0.1, 0.15) is 5.52 Å². The standard InChI is InChI=1S/C9H5N3O2/c1-2-6(9-12-11-5-14-9)8-7(3-1)13-4-10-8/h1-5H. The van der Waals surface area contributed by atoms with E-state index < -0.39 is 0 Å². The minimum Gasteiger partial charge on any atom is -0.443 e. The molecular weight excluding hydrogens is 182 g/mol. The van der Waals surface area contributed by atoms with E-state index in [2.05, 4.69) is 15.2 Å². The quantitative estimate of drug-likeness (QED) is 0.581. The highest BCUT2D eigenvalue weighted by atomic mass is 16.4. The number of hydrogen-bond acceptors (Lipinski definition) is 5. The molecule has 2 heterocycles. The minimum atomic E-state index is 0.449. The van der Waals surface area contributed by atoms with Gasteiger partial charge in [0.05, 0.1) is 5.56 Å². The third-order valence-electron chi connectivity index (χ3n) is 1.95. The third kappa shape index (κ3) is 0.922. The van der Waals surface area contributed by atoms with Gasteiger partial charge in [-0.05, 0) is 12.1 Å². The maximum atomic E-state index is 5.16. The van der Waals surface area contributed by atoms with Gasteiger partial charge in [-0.3, -0.25) is 0 Å². The number of benzene rings is 1. The number of nitrogens with zero attached hydrogens (tertiary/aromatic N) is 3. The molecule has 0 radical (unpaired) electrons. The first-order chi connectivity index (χ1) is 6.95. The average molecular weight is 187 g/mol. The lowest BCUT2D eigenvalue weighted by atomic mass is 10.2. The van der Waals surface area contributed by atoms with Gasteiger partial charge in [-0.1, -0.05) is 6.07 Å². The van der Waals surface area contributed by atoms with E-state index in [1.54, 1.807) is 0 Å². The average Bonchev–Trinajstić information content (AvgIpc) is 2.88. The van der Waals surface area contributed by atoms with Crippen molar-refractivity contribution in [1.29, 1.82) is 0 Å². The maximum absolute atomic E-state index is 5.16. The minimum absolute atomic E-state index is 0.449. The van der Waals surface area contributed by atoms with Crippen molar-refractivity contribution in [2.45, 2.75) is 0 Å². The summed E-state index contributed by atoms with van der Waals surface area (Å²) < 4.78 is 10.2. The lowest BCUT2D eigenvalue weighted by Gasteiger charge is -1.93. The van der Waals surface area contributed by atoms with E-state index in [0.717, 1.165) is 11.1 Å². The summed E-state index contributed by atoms with van der Waals surface area (Å²) in [5.41, 5.74) is 2.23. The molecule has 0 spiro atoms. The van der Waals surface area contributed by atoms with E-state index in [1.165, 1.54) is 12.8 Å². The van der Waals surface area contributed by atoms with Crippen molar-refractivity contribution in [3.8, 4) is 11.5 Å². The van der Waals surface area contributed by atoms with Crippen molar-refractivity contribution in [2.24, 2.45) is 0 Å². The van der Waals surface area contributed by atoms with Crippen molar-refractivity contribution >= 4 is 11.1 Å². The van der Waals surface area contributed by atoms with Gasteiger partial charge in [0.15, 0.2) is 12.0 Å². The lowest BCUT2D eigenvalue weighted by molar-refractivity contribution is 0.569. The van der Waals surface area contributed by atoms with Crippen LogP contribution >= 0.6 is 0 Å².